The minimum atomic E-state index is -0.447. The molecular formula is C19H19N3O3. The van der Waals surface area contributed by atoms with E-state index in [1.165, 1.54) is 0 Å². The number of imidazole rings is 1. The first-order valence-corrected chi connectivity index (χ1v) is 8.16. The summed E-state index contributed by atoms with van der Waals surface area (Å²) in [6.45, 7) is 2.03. The minimum absolute atomic E-state index is 0.176. The highest BCUT2D eigenvalue weighted by atomic mass is 16.5. The van der Waals surface area contributed by atoms with E-state index in [-0.39, 0.29) is 18.9 Å². The molecule has 0 saturated carbocycles. The van der Waals surface area contributed by atoms with E-state index in [1.807, 2.05) is 28.8 Å². The van der Waals surface area contributed by atoms with E-state index >= 15 is 0 Å². The average molecular weight is 337 g/mol. The molecule has 0 radical (unpaired) electrons. The Balaban J connectivity index is 1.66. The molecule has 0 bridgehead atoms. The van der Waals surface area contributed by atoms with Crippen LogP contribution in [0.5, 0.6) is 0 Å². The van der Waals surface area contributed by atoms with Crippen LogP contribution in [-0.4, -0.2) is 27.9 Å². The third kappa shape index (κ3) is 3.85. The summed E-state index contributed by atoms with van der Waals surface area (Å²) in [5.41, 5.74) is 1.80. The van der Waals surface area contributed by atoms with Crippen LogP contribution in [0.15, 0.2) is 54.9 Å². The van der Waals surface area contributed by atoms with Gasteiger partial charge >= 0.3 is 5.97 Å². The van der Waals surface area contributed by atoms with Crippen molar-refractivity contribution in [1.82, 2.24) is 9.38 Å². The molecule has 2 aromatic heterocycles. The summed E-state index contributed by atoms with van der Waals surface area (Å²) < 4.78 is 6.97. The first kappa shape index (κ1) is 16.7. The Hall–Kier alpha value is -3.15. The zero-order valence-corrected chi connectivity index (χ0v) is 13.9. The summed E-state index contributed by atoms with van der Waals surface area (Å²) in [4.78, 5) is 28.6. The monoisotopic (exact) mass is 337 g/mol. The highest BCUT2D eigenvalue weighted by molar-refractivity contribution is 6.01. The Morgan fingerprint density at radius 1 is 1.16 bits per heavy atom. The van der Waals surface area contributed by atoms with Crippen molar-refractivity contribution in [2.75, 3.05) is 11.9 Å². The molecule has 6 nitrogen and oxygen atoms in total. The average Bonchev–Trinajstić information content (AvgIpc) is 3.04. The number of nitrogens with zero attached hydrogens (tertiary/aromatic N) is 2. The van der Waals surface area contributed by atoms with E-state index in [0.717, 1.165) is 11.3 Å². The standard InChI is InChI=1S/C19H19N3O3/c1-2-25-19(24)15-8-3-4-9-16(15)21-18(23)11-10-17-20-13-14-7-5-6-12-22(14)17/h3-9,12-13H,2,10-11H2,1H3,(H,21,23). The summed E-state index contributed by atoms with van der Waals surface area (Å²) in [5, 5.41) is 2.78. The van der Waals surface area contributed by atoms with Crippen molar-refractivity contribution in [3.05, 3.63) is 66.2 Å². The van der Waals surface area contributed by atoms with Gasteiger partial charge in [-0.3, -0.25) is 4.79 Å². The Morgan fingerprint density at radius 3 is 2.80 bits per heavy atom. The van der Waals surface area contributed by atoms with E-state index in [9.17, 15) is 9.59 Å². The van der Waals surface area contributed by atoms with E-state index in [4.69, 9.17) is 4.74 Å². The number of rotatable bonds is 6. The summed E-state index contributed by atoms with van der Waals surface area (Å²) in [6.07, 6.45) is 4.48. The largest absolute Gasteiger partial charge is 0.462 e. The molecule has 128 valence electrons. The van der Waals surface area contributed by atoms with E-state index in [1.54, 1.807) is 37.4 Å². The van der Waals surface area contributed by atoms with Crippen LogP contribution in [0.3, 0.4) is 0 Å². The zero-order chi connectivity index (χ0) is 17.6. The zero-order valence-electron chi connectivity index (χ0n) is 13.9. The van der Waals surface area contributed by atoms with Crippen LogP contribution in [-0.2, 0) is 16.0 Å². The van der Waals surface area contributed by atoms with Crippen LogP contribution in [0.2, 0.25) is 0 Å². The number of carbonyl (C=O) groups excluding carboxylic acids is 2. The second-order valence-corrected chi connectivity index (χ2v) is 5.48. The fourth-order valence-electron chi connectivity index (χ4n) is 2.60. The molecule has 0 aliphatic heterocycles. The Labute approximate surface area is 145 Å². The van der Waals surface area contributed by atoms with Gasteiger partial charge in [-0.05, 0) is 31.2 Å². The number of anilines is 1. The molecule has 25 heavy (non-hydrogen) atoms. The molecule has 1 N–H and O–H groups in total. The van der Waals surface area contributed by atoms with Gasteiger partial charge in [0.2, 0.25) is 5.91 Å². The molecule has 0 aliphatic rings. The first-order chi connectivity index (χ1) is 12.2. The maximum atomic E-state index is 12.3. The number of para-hydroxylation sites is 1. The molecule has 0 aliphatic carbocycles. The van der Waals surface area contributed by atoms with Gasteiger partial charge in [-0.25, -0.2) is 9.78 Å². The minimum Gasteiger partial charge on any atom is -0.462 e. The number of pyridine rings is 1. The molecule has 1 amide bonds. The Bertz CT molecular complexity index is 902. The summed E-state index contributed by atoms with van der Waals surface area (Å²) in [6, 6.07) is 12.7. The molecule has 3 aromatic rings. The summed E-state index contributed by atoms with van der Waals surface area (Å²) in [7, 11) is 0. The predicted octanol–water partition coefficient (Wildman–Crippen LogP) is 3.08. The number of benzene rings is 1. The molecule has 0 spiro atoms. The number of esters is 1. The van der Waals surface area contributed by atoms with Crippen LogP contribution in [0.25, 0.3) is 5.52 Å². The number of aromatic nitrogens is 2. The maximum absolute atomic E-state index is 12.3. The highest BCUT2D eigenvalue weighted by Crippen LogP contribution is 2.17. The van der Waals surface area contributed by atoms with Gasteiger partial charge in [0.05, 0.1) is 29.6 Å². The highest BCUT2D eigenvalue weighted by Gasteiger charge is 2.14. The van der Waals surface area contributed by atoms with Gasteiger partial charge in [0.15, 0.2) is 0 Å². The molecule has 0 unspecified atom stereocenters. The third-order valence-corrected chi connectivity index (χ3v) is 3.79. The van der Waals surface area contributed by atoms with Crippen LogP contribution >= 0.6 is 0 Å². The Kier molecular flexibility index (Phi) is 5.09. The number of ether oxygens (including phenoxy) is 1. The predicted molar refractivity (Wildman–Crippen MR) is 94.5 cm³/mol. The lowest BCUT2D eigenvalue weighted by atomic mass is 10.1. The van der Waals surface area contributed by atoms with Crippen LogP contribution in [0.4, 0.5) is 5.69 Å². The van der Waals surface area contributed by atoms with Crippen molar-refractivity contribution in [1.29, 1.82) is 0 Å². The number of hydrogen-bond donors (Lipinski definition) is 1. The van der Waals surface area contributed by atoms with Gasteiger partial charge in [0, 0.05) is 19.0 Å². The normalized spacial score (nSPS) is 10.6. The number of aryl methyl sites for hydroxylation is 1. The fourth-order valence-corrected chi connectivity index (χ4v) is 2.60. The molecule has 2 heterocycles. The Morgan fingerprint density at radius 2 is 1.96 bits per heavy atom. The van der Waals surface area contributed by atoms with E-state index < -0.39 is 5.97 Å². The second kappa shape index (κ2) is 7.61. The van der Waals surface area contributed by atoms with Crippen molar-refractivity contribution in [2.24, 2.45) is 0 Å². The van der Waals surface area contributed by atoms with Crippen molar-refractivity contribution in [3.8, 4) is 0 Å². The summed E-state index contributed by atoms with van der Waals surface area (Å²) in [5.74, 6) is 0.200. The number of fused-ring (bicyclic) bond motifs is 1. The van der Waals surface area contributed by atoms with Gasteiger partial charge in [-0.2, -0.15) is 0 Å². The van der Waals surface area contributed by atoms with Gasteiger partial charge in [-0.1, -0.05) is 18.2 Å². The molecule has 6 heteroatoms. The molecular weight excluding hydrogens is 318 g/mol. The topological polar surface area (TPSA) is 72.7 Å². The second-order valence-electron chi connectivity index (χ2n) is 5.48. The number of nitrogens with one attached hydrogen (secondary N) is 1. The smallest absolute Gasteiger partial charge is 0.340 e. The molecule has 3 rings (SSSR count). The van der Waals surface area contributed by atoms with Crippen LogP contribution in [0, 0.1) is 0 Å². The van der Waals surface area contributed by atoms with Gasteiger partial charge < -0.3 is 14.5 Å². The van der Waals surface area contributed by atoms with Gasteiger partial charge in [0.1, 0.15) is 5.82 Å². The van der Waals surface area contributed by atoms with E-state index in [2.05, 4.69) is 10.3 Å². The SMILES string of the molecule is CCOC(=O)c1ccccc1NC(=O)CCc1ncc2ccccn12. The van der Waals surface area contributed by atoms with Gasteiger partial charge in [0.25, 0.3) is 0 Å². The maximum Gasteiger partial charge on any atom is 0.340 e. The molecule has 0 fully saturated rings. The quantitative estimate of drug-likeness (QED) is 0.702. The third-order valence-electron chi connectivity index (χ3n) is 3.79. The van der Waals surface area contributed by atoms with E-state index in [0.29, 0.717) is 17.7 Å². The van der Waals surface area contributed by atoms with Crippen LogP contribution in [0.1, 0.15) is 29.5 Å². The number of amides is 1. The van der Waals surface area contributed by atoms with Crippen LogP contribution < -0.4 is 5.32 Å². The van der Waals surface area contributed by atoms with Crippen molar-refractivity contribution >= 4 is 23.1 Å². The lowest BCUT2D eigenvalue weighted by Crippen LogP contribution is -2.16. The molecule has 0 saturated heterocycles. The first-order valence-electron chi connectivity index (χ1n) is 8.16. The number of carbonyl (C=O) groups is 2. The van der Waals surface area contributed by atoms with Gasteiger partial charge in [-0.15, -0.1) is 0 Å². The number of hydrogen-bond acceptors (Lipinski definition) is 4. The lowest BCUT2D eigenvalue weighted by molar-refractivity contribution is -0.116. The van der Waals surface area contributed by atoms with Crippen molar-refractivity contribution in [3.63, 3.8) is 0 Å². The fraction of sp³-hybridized carbons (Fsp3) is 0.211. The molecule has 0 atom stereocenters. The van der Waals surface area contributed by atoms with Crippen molar-refractivity contribution in [2.45, 2.75) is 19.8 Å². The summed E-state index contributed by atoms with van der Waals surface area (Å²) >= 11 is 0. The lowest BCUT2D eigenvalue weighted by Gasteiger charge is -2.10. The van der Waals surface area contributed by atoms with Crippen molar-refractivity contribution < 1.29 is 14.3 Å². The molecule has 1 aromatic carbocycles.